The van der Waals surface area contributed by atoms with E-state index in [0.717, 1.165) is 42.3 Å². The summed E-state index contributed by atoms with van der Waals surface area (Å²) in [5, 5.41) is 5.93. The van der Waals surface area contributed by atoms with Gasteiger partial charge in [-0.25, -0.2) is 0 Å². The molecule has 5 aromatic carbocycles. The smallest absolute Gasteiger partial charge is 0.246 e. The molecule has 0 spiro atoms. The van der Waals surface area contributed by atoms with Crippen LogP contribution in [-0.4, -0.2) is 64.9 Å². The standard InChI is InChI=1S/C50H66I2N2P4/c1-8-56(40(2)22-21-23-41(56)3)49-35-34-44(38-50(49)55(7,45-24-13-9-14-25-45)46-26-15-10-16-27-46)39-53(6)36-37-54(57(51)42(4)32-33-43(57)5)58(52,47-28-17-11-18-29-47)48-30-19-12-20-31-48/h9-20,24-31,34-35,38,40-43H,8,21-23,32-33,36-37,39H2,1-7H3/q+4/t40-,41-,42-,43-/m1/s1. The number of benzene rings is 5. The summed E-state index contributed by atoms with van der Waals surface area (Å²) in [7, 11) is -1.03. The number of likely N-dealkylation sites (N-methyl/N-ethyl adjacent to an activating group) is 1. The van der Waals surface area contributed by atoms with Gasteiger partial charge in [0.15, 0.2) is 49.1 Å². The quantitative estimate of drug-likeness (QED) is 0.0808. The van der Waals surface area contributed by atoms with Gasteiger partial charge in [-0.05, 0) is 144 Å². The Hall–Kier alpha value is -0.800. The average Bonchev–Trinajstić information content (AvgIpc) is 3.52. The first-order chi connectivity index (χ1) is 27.9. The number of halogens is 2. The van der Waals surface area contributed by atoms with Crippen LogP contribution in [0.15, 0.2) is 140 Å². The van der Waals surface area contributed by atoms with Gasteiger partial charge in [0.1, 0.15) is 39.1 Å². The van der Waals surface area contributed by atoms with Crippen LogP contribution < -0.4 is 31.8 Å². The molecule has 2 fully saturated rings. The largest absolute Gasteiger partial charge is 0.301 e. The molecule has 4 atom stereocenters. The molecular formula is C50H66I2N2P4+4. The average molecular weight is 1070 g/mol. The molecule has 58 heavy (non-hydrogen) atoms. The molecule has 5 aromatic rings. The fourth-order valence-electron chi connectivity index (χ4n) is 10.7. The van der Waals surface area contributed by atoms with Gasteiger partial charge in [-0.15, -0.1) is 0 Å². The third-order valence-electron chi connectivity index (χ3n) is 14.1. The second-order valence-corrected chi connectivity index (χ2v) is 40.9. The molecule has 2 nitrogen and oxygen atoms in total. The molecule has 0 saturated carbocycles. The third-order valence-corrected chi connectivity index (χ3v) is 46.9. The van der Waals surface area contributed by atoms with Crippen molar-refractivity contribution in [3.8, 4) is 0 Å². The predicted molar refractivity (Wildman–Crippen MR) is 286 cm³/mol. The number of hydrogen-bond donors (Lipinski definition) is 0. The topological polar surface area (TPSA) is 6.48 Å². The summed E-state index contributed by atoms with van der Waals surface area (Å²) in [5.41, 5.74) is 4.42. The first-order valence-corrected chi connectivity index (χ1v) is 35.2. The van der Waals surface area contributed by atoms with Gasteiger partial charge in [0.2, 0.25) is 5.06 Å². The lowest BCUT2D eigenvalue weighted by Gasteiger charge is -2.42. The lowest BCUT2D eigenvalue weighted by Crippen LogP contribution is -2.45. The molecule has 0 aromatic heterocycles. The van der Waals surface area contributed by atoms with Crippen LogP contribution in [0.1, 0.15) is 72.3 Å². The van der Waals surface area contributed by atoms with Gasteiger partial charge in [0, 0.05) is 13.1 Å². The van der Waals surface area contributed by atoms with E-state index in [1.165, 1.54) is 65.0 Å². The lowest BCUT2D eigenvalue weighted by molar-refractivity contribution is 0.319. The maximum absolute atomic E-state index is 3.13. The number of rotatable bonds is 14. The zero-order valence-electron chi connectivity index (χ0n) is 35.9. The Balaban J connectivity index is 1.30. The summed E-state index contributed by atoms with van der Waals surface area (Å²) in [4.78, 5) is 2.65. The molecular weight excluding hydrogens is 1010 g/mol. The van der Waals surface area contributed by atoms with E-state index < -0.39 is 24.6 Å². The monoisotopic (exact) mass is 1070 g/mol. The molecule has 2 saturated heterocycles. The predicted octanol–water partition coefficient (Wildman–Crippen LogP) is 12.8. The molecule has 0 aliphatic carbocycles. The van der Waals surface area contributed by atoms with Gasteiger partial charge < -0.3 is 4.90 Å². The lowest BCUT2D eigenvalue weighted by atomic mass is 10.1. The van der Waals surface area contributed by atoms with Crippen LogP contribution in [0, 0.1) is 0 Å². The molecule has 306 valence electrons. The molecule has 2 aliphatic heterocycles. The second kappa shape index (κ2) is 19.3. The Kier molecular flexibility index (Phi) is 15.0. The molecule has 7 rings (SSSR count). The van der Waals surface area contributed by atoms with Crippen molar-refractivity contribution in [3.05, 3.63) is 145 Å². The maximum atomic E-state index is 3.13. The summed E-state index contributed by atoms with van der Waals surface area (Å²) in [5.74, 6) is 0. The molecule has 0 bridgehead atoms. The molecule has 0 radical (unpaired) electrons. The molecule has 0 unspecified atom stereocenters. The van der Waals surface area contributed by atoms with E-state index >= 15 is 0 Å². The third kappa shape index (κ3) is 8.37. The Morgan fingerprint density at radius 2 is 1.05 bits per heavy atom. The molecule has 2 aliphatic rings. The Morgan fingerprint density at radius 3 is 1.50 bits per heavy atom. The second-order valence-electron chi connectivity index (χ2n) is 17.4. The minimum Gasteiger partial charge on any atom is -0.301 e. The molecule has 0 N–H and O–H groups in total. The van der Waals surface area contributed by atoms with Gasteiger partial charge in [-0.1, -0.05) is 78.9 Å². The maximum Gasteiger partial charge on any atom is 0.246 e. The van der Waals surface area contributed by atoms with Crippen molar-refractivity contribution < 1.29 is 0 Å². The summed E-state index contributed by atoms with van der Waals surface area (Å²) < 4.78 is 3.13. The number of nitrogens with zero attached hydrogens (tertiary/aromatic N) is 2. The van der Waals surface area contributed by atoms with E-state index in [1.807, 2.05) is 0 Å². The van der Waals surface area contributed by atoms with E-state index in [2.05, 4.69) is 241 Å². The van der Waals surface area contributed by atoms with Crippen molar-refractivity contribution in [2.45, 2.75) is 95.9 Å². The Morgan fingerprint density at radius 1 is 0.603 bits per heavy atom. The van der Waals surface area contributed by atoms with Gasteiger partial charge in [0.25, 0.3) is 0 Å². The van der Waals surface area contributed by atoms with E-state index in [1.54, 1.807) is 10.6 Å². The van der Waals surface area contributed by atoms with Crippen molar-refractivity contribution >= 4 is 101 Å². The molecule has 2 heterocycles. The fraction of sp³-hybridized carbons (Fsp3) is 0.400. The van der Waals surface area contributed by atoms with E-state index in [0.29, 0.717) is 0 Å². The van der Waals surface area contributed by atoms with Crippen LogP contribution in [0.25, 0.3) is 0 Å². The van der Waals surface area contributed by atoms with Gasteiger partial charge >= 0.3 is 0 Å². The van der Waals surface area contributed by atoms with Gasteiger partial charge in [0.05, 0.1) is 49.3 Å². The van der Waals surface area contributed by atoms with Crippen molar-refractivity contribution in [1.82, 2.24) is 9.34 Å². The first-order valence-electron chi connectivity index (χ1n) is 21.7. The van der Waals surface area contributed by atoms with E-state index in [-0.39, 0.29) is 0 Å². The van der Waals surface area contributed by atoms with Crippen molar-refractivity contribution in [3.63, 3.8) is 0 Å². The highest BCUT2D eigenvalue weighted by Crippen LogP contribution is 2.90. The Bertz CT molecular complexity index is 1990. The molecule has 8 heteroatoms. The van der Waals surface area contributed by atoms with Crippen LogP contribution in [0.4, 0.5) is 0 Å². The van der Waals surface area contributed by atoms with Crippen molar-refractivity contribution in [2.75, 3.05) is 33.0 Å². The SMILES string of the molecule is CC[P+]1(c2ccc(CN(C)CCN([P+](I)(c3ccccc3)c3ccccc3)[P+]3(I)[C@H](C)CC[C@H]3C)cc2[P+](C)(c2ccccc2)c2ccccc2)[C@H](C)CCC[C@H]1C. The minimum atomic E-state index is -1.96. The zero-order valence-corrected chi connectivity index (χ0v) is 43.8. The summed E-state index contributed by atoms with van der Waals surface area (Å²) in [6.45, 7) is 18.6. The Labute approximate surface area is 380 Å². The highest BCUT2D eigenvalue weighted by Gasteiger charge is 2.68. The van der Waals surface area contributed by atoms with Crippen LogP contribution in [0.3, 0.4) is 0 Å². The fourth-order valence-corrected chi connectivity index (χ4v) is 43.1. The number of hydrogen-bond acceptors (Lipinski definition) is 2. The van der Waals surface area contributed by atoms with Gasteiger partial charge in [-0.3, -0.25) is 0 Å². The zero-order chi connectivity index (χ0) is 41.1. The summed E-state index contributed by atoms with van der Waals surface area (Å²) >= 11 is 6.00. The highest BCUT2D eigenvalue weighted by atomic mass is 127. The van der Waals surface area contributed by atoms with Crippen LogP contribution in [0.2, 0.25) is 0 Å². The van der Waals surface area contributed by atoms with E-state index in [4.69, 9.17) is 0 Å². The van der Waals surface area contributed by atoms with E-state index in [9.17, 15) is 0 Å². The first kappa shape index (κ1) is 45.2. The van der Waals surface area contributed by atoms with Crippen LogP contribution in [-0.2, 0) is 6.54 Å². The van der Waals surface area contributed by atoms with Crippen molar-refractivity contribution in [2.24, 2.45) is 0 Å². The van der Waals surface area contributed by atoms with Crippen LogP contribution in [0.5, 0.6) is 0 Å². The molecule has 0 amide bonds. The summed E-state index contributed by atoms with van der Waals surface area (Å²) in [6, 6.07) is 54.2. The van der Waals surface area contributed by atoms with Gasteiger partial charge in [-0.2, -0.15) is 0 Å². The highest BCUT2D eigenvalue weighted by molar-refractivity contribution is 14.2. The normalized spacial score (nSPS) is 22.1. The van der Waals surface area contributed by atoms with Crippen LogP contribution >= 0.6 is 68.7 Å². The minimum absolute atomic E-state index is 0.724. The van der Waals surface area contributed by atoms with Crippen molar-refractivity contribution in [1.29, 1.82) is 0 Å². The summed E-state index contributed by atoms with van der Waals surface area (Å²) in [6.07, 6.45) is 8.07.